The van der Waals surface area contributed by atoms with Gasteiger partial charge in [-0.3, -0.25) is 14.7 Å². The van der Waals surface area contributed by atoms with Crippen molar-refractivity contribution in [1.29, 1.82) is 0 Å². The molecule has 5 rings (SSSR count). The van der Waals surface area contributed by atoms with Crippen LogP contribution >= 0.6 is 31.9 Å². The maximum atomic E-state index is 13.9. The van der Waals surface area contributed by atoms with Crippen molar-refractivity contribution in [3.63, 3.8) is 0 Å². The molecule has 11 nitrogen and oxygen atoms in total. The van der Waals surface area contributed by atoms with Gasteiger partial charge in [0.25, 0.3) is 0 Å². The van der Waals surface area contributed by atoms with E-state index in [0.29, 0.717) is 61.1 Å². The monoisotopic (exact) mass is 727 g/mol. The van der Waals surface area contributed by atoms with Crippen LogP contribution in [0.3, 0.4) is 0 Å². The van der Waals surface area contributed by atoms with E-state index in [2.05, 4.69) is 47.1 Å². The Morgan fingerprint density at radius 2 is 1.55 bits per heavy atom. The average Bonchev–Trinajstić information content (AvgIpc) is 3.04. The molecular weight excluding hydrogens is 694 g/mol. The van der Waals surface area contributed by atoms with Gasteiger partial charge >= 0.3 is 12.1 Å². The molecule has 2 aliphatic rings. The lowest BCUT2D eigenvalue weighted by molar-refractivity contribution is -0.133. The minimum atomic E-state index is -0.817. The topological polar surface area (TPSA) is 135 Å². The van der Waals surface area contributed by atoms with Gasteiger partial charge in [-0.15, -0.1) is 0 Å². The normalized spacial score (nSPS) is 16.4. The summed E-state index contributed by atoms with van der Waals surface area (Å²) in [6, 6.07) is 14.9. The lowest BCUT2D eigenvalue weighted by Gasteiger charge is -2.39. The van der Waals surface area contributed by atoms with E-state index in [9.17, 15) is 19.5 Å². The predicted octanol–water partition coefficient (Wildman–Crippen LogP) is 4.33. The SMILES string of the molecule is NC(=O)N(c1ccccc1)C1CCN(C(=O)N[C@H](Cc2cc(Br)c(O)c(Br)c2)C(=O)N2CCN(c3ccncc3)CC2)CC1. The maximum Gasteiger partial charge on any atom is 0.319 e. The van der Waals surface area contributed by atoms with Gasteiger partial charge in [-0.1, -0.05) is 18.2 Å². The lowest BCUT2D eigenvalue weighted by atomic mass is 10.0. The summed E-state index contributed by atoms with van der Waals surface area (Å²) in [4.78, 5) is 51.1. The largest absolute Gasteiger partial charge is 0.506 e. The Bertz CT molecular complexity index is 1440. The standard InChI is InChI=1S/C31H35Br2N7O4/c32-25-18-21(19-26(33)28(25)41)20-27(29(42)38-16-14-37(15-17-38)22-6-10-35-11-7-22)36-31(44)39-12-8-24(9-13-39)40(30(34)43)23-4-2-1-3-5-23/h1-7,10-11,18-19,24,27,41H,8-9,12-17,20H2,(H2,34,43)(H,36,44)/t27-/m1/s1. The van der Waals surface area contributed by atoms with Gasteiger partial charge < -0.3 is 30.9 Å². The van der Waals surface area contributed by atoms with E-state index >= 15 is 0 Å². The summed E-state index contributed by atoms with van der Waals surface area (Å²) in [5, 5.41) is 13.2. The van der Waals surface area contributed by atoms with Crippen molar-refractivity contribution in [3.8, 4) is 5.75 Å². The Morgan fingerprint density at radius 1 is 0.932 bits per heavy atom. The molecule has 0 bridgehead atoms. The number of piperazine rings is 1. The third-order valence-electron chi connectivity index (χ3n) is 8.12. The second-order valence-corrected chi connectivity index (χ2v) is 12.6. The number of nitrogens with zero attached hydrogens (tertiary/aromatic N) is 5. The van der Waals surface area contributed by atoms with E-state index in [-0.39, 0.29) is 30.2 Å². The van der Waals surface area contributed by atoms with Crippen molar-refractivity contribution in [2.24, 2.45) is 5.73 Å². The van der Waals surface area contributed by atoms with Crippen molar-refractivity contribution in [2.75, 3.05) is 49.1 Å². The highest BCUT2D eigenvalue weighted by molar-refractivity contribution is 9.11. The van der Waals surface area contributed by atoms with Crippen LogP contribution in [0.1, 0.15) is 18.4 Å². The molecular formula is C31H35Br2N7O4. The Morgan fingerprint density at radius 3 is 2.14 bits per heavy atom. The number of carbonyl (C=O) groups is 3. The summed E-state index contributed by atoms with van der Waals surface area (Å²) in [5.41, 5.74) is 8.29. The quantitative estimate of drug-likeness (QED) is 0.332. The Labute approximate surface area is 273 Å². The van der Waals surface area contributed by atoms with Gasteiger partial charge in [-0.2, -0.15) is 0 Å². The number of aromatic hydroxyl groups is 1. The molecule has 0 unspecified atom stereocenters. The zero-order valence-electron chi connectivity index (χ0n) is 24.1. The van der Waals surface area contributed by atoms with Crippen LogP contribution in [0.25, 0.3) is 0 Å². The molecule has 2 aromatic carbocycles. The number of urea groups is 2. The number of anilines is 2. The zero-order valence-corrected chi connectivity index (χ0v) is 27.3. The molecule has 0 saturated carbocycles. The van der Waals surface area contributed by atoms with Crippen molar-refractivity contribution in [3.05, 3.63) is 81.5 Å². The number of phenolic OH excluding ortho intramolecular Hbond substituents is 1. The van der Waals surface area contributed by atoms with Gasteiger partial charge in [0, 0.05) is 75.5 Å². The van der Waals surface area contributed by atoms with Crippen molar-refractivity contribution in [2.45, 2.75) is 31.3 Å². The Hall–Kier alpha value is -3.84. The van der Waals surface area contributed by atoms with E-state index in [1.807, 2.05) is 42.5 Å². The first-order valence-corrected chi connectivity index (χ1v) is 16.1. The first kappa shape index (κ1) is 31.6. The summed E-state index contributed by atoms with van der Waals surface area (Å²) in [7, 11) is 0. The minimum absolute atomic E-state index is 0.0660. The Kier molecular flexibility index (Phi) is 10.3. The van der Waals surface area contributed by atoms with Gasteiger partial charge in [-0.25, -0.2) is 9.59 Å². The van der Waals surface area contributed by atoms with Gasteiger partial charge in [0.15, 0.2) is 0 Å². The highest BCUT2D eigenvalue weighted by Crippen LogP contribution is 2.34. The first-order valence-electron chi connectivity index (χ1n) is 14.5. The third-order valence-corrected chi connectivity index (χ3v) is 9.33. The summed E-state index contributed by atoms with van der Waals surface area (Å²) in [6.45, 7) is 3.19. The van der Waals surface area contributed by atoms with Crippen molar-refractivity contribution < 1.29 is 19.5 Å². The molecule has 13 heteroatoms. The van der Waals surface area contributed by atoms with E-state index in [1.165, 1.54) is 0 Å². The molecule has 3 aromatic rings. The fraction of sp³-hybridized carbons (Fsp3) is 0.355. The van der Waals surface area contributed by atoms with E-state index in [1.54, 1.807) is 39.2 Å². The summed E-state index contributed by atoms with van der Waals surface area (Å²) in [6.07, 6.45) is 4.86. The second-order valence-electron chi connectivity index (χ2n) is 10.9. The van der Waals surface area contributed by atoms with Crippen LogP contribution in [0.2, 0.25) is 0 Å². The second kappa shape index (κ2) is 14.3. The number of likely N-dealkylation sites (tertiary alicyclic amines) is 1. The summed E-state index contributed by atoms with van der Waals surface area (Å²) in [5.74, 6) is -0.0943. The number of phenols is 1. The molecule has 4 N–H and O–H groups in total. The number of piperidine rings is 1. The van der Waals surface area contributed by atoms with Crippen molar-refractivity contribution in [1.82, 2.24) is 20.1 Å². The highest BCUT2D eigenvalue weighted by atomic mass is 79.9. The molecule has 0 radical (unpaired) electrons. The minimum Gasteiger partial charge on any atom is -0.506 e. The first-order chi connectivity index (χ1) is 21.2. The molecule has 2 saturated heterocycles. The summed E-state index contributed by atoms with van der Waals surface area (Å²) < 4.78 is 0.981. The molecule has 3 heterocycles. The van der Waals surface area contributed by atoms with Crippen LogP contribution in [0.15, 0.2) is 75.9 Å². The van der Waals surface area contributed by atoms with Crippen LogP contribution in [0.4, 0.5) is 21.0 Å². The zero-order chi connectivity index (χ0) is 31.2. The van der Waals surface area contributed by atoms with Crippen LogP contribution in [-0.4, -0.2) is 89.2 Å². The number of rotatable bonds is 7. The number of hydrogen-bond donors (Lipinski definition) is 3. The molecule has 2 aliphatic heterocycles. The predicted molar refractivity (Wildman–Crippen MR) is 176 cm³/mol. The maximum absolute atomic E-state index is 13.9. The fourth-order valence-corrected chi connectivity index (χ4v) is 7.09. The number of amides is 5. The lowest BCUT2D eigenvalue weighted by Crippen LogP contribution is -2.58. The van der Waals surface area contributed by atoms with Crippen LogP contribution < -0.4 is 20.9 Å². The molecule has 0 aliphatic carbocycles. The smallest absolute Gasteiger partial charge is 0.319 e. The van der Waals surface area contributed by atoms with E-state index in [0.717, 1.165) is 16.9 Å². The van der Waals surface area contributed by atoms with Crippen LogP contribution in [0.5, 0.6) is 5.75 Å². The van der Waals surface area contributed by atoms with Gasteiger partial charge in [0.05, 0.1) is 8.95 Å². The number of para-hydroxylation sites is 1. The number of benzene rings is 2. The highest BCUT2D eigenvalue weighted by Gasteiger charge is 2.33. The van der Waals surface area contributed by atoms with E-state index < -0.39 is 12.1 Å². The fourth-order valence-electron chi connectivity index (χ4n) is 5.81. The van der Waals surface area contributed by atoms with Crippen LogP contribution in [-0.2, 0) is 11.2 Å². The van der Waals surface area contributed by atoms with Gasteiger partial charge in [-0.05, 0) is 86.7 Å². The molecule has 1 atom stereocenters. The van der Waals surface area contributed by atoms with E-state index in [4.69, 9.17) is 5.73 Å². The van der Waals surface area contributed by atoms with Crippen LogP contribution in [0, 0.1) is 0 Å². The molecule has 44 heavy (non-hydrogen) atoms. The number of hydrogen-bond acceptors (Lipinski definition) is 6. The number of primary amides is 1. The molecule has 0 spiro atoms. The number of carbonyl (C=O) groups excluding carboxylic acids is 3. The van der Waals surface area contributed by atoms with Gasteiger partial charge in [0.2, 0.25) is 5.91 Å². The molecule has 232 valence electrons. The number of pyridine rings is 1. The number of nitrogens with one attached hydrogen (secondary N) is 1. The Balaban J connectivity index is 1.26. The third kappa shape index (κ3) is 7.44. The number of nitrogens with two attached hydrogens (primary N) is 1. The molecule has 5 amide bonds. The van der Waals surface area contributed by atoms with Crippen molar-refractivity contribution >= 4 is 61.2 Å². The summed E-state index contributed by atoms with van der Waals surface area (Å²) >= 11 is 6.74. The number of aromatic nitrogens is 1. The number of halogens is 2. The average molecular weight is 729 g/mol. The molecule has 1 aromatic heterocycles. The molecule has 2 fully saturated rings. The van der Waals surface area contributed by atoms with Gasteiger partial charge in [0.1, 0.15) is 11.8 Å².